The summed E-state index contributed by atoms with van der Waals surface area (Å²) >= 11 is 0. The zero-order chi connectivity index (χ0) is 19.9. The van der Waals surface area contributed by atoms with Gasteiger partial charge in [-0.1, -0.05) is 83.4 Å². The van der Waals surface area contributed by atoms with E-state index in [0.717, 1.165) is 28.7 Å². The van der Waals surface area contributed by atoms with Crippen LogP contribution < -0.4 is 0 Å². The van der Waals surface area contributed by atoms with Crippen molar-refractivity contribution in [1.82, 2.24) is 0 Å². The second kappa shape index (κ2) is 6.94. The van der Waals surface area contributed by atoms with Gasteiger partial charge in [-0.3, -0.25) is 4.79 Å². The fraction of sp³-hybridized carbons (Fsp3) is 0.269. The average Bonchev–Trinajstić information content (AvgIpc) is 2.68. The summed E-state index contributed by atoms with van der Waals surface area (Å²) in [5.41, 5.74) is 6.78. The molecule has 0 bridgehead atoms. The maximum atomic E-state index is 12.7. The van der Waals surface area contributed by atoms with E-state index in [4.69, 9.17) is 0 Å². The van der Waals surface area contributed by atoms with Gasteiger partial charge in [0, 0.05) is 5.92 Å². The van der Waals surface area contributed by atoms with Crippen molar-refractivity contribution < 1.29 is 9.90 Å². The number of carboxylic acid groups (broad SMARTS) is 1. The highest BCUT2D eigenvalue weighted by Crippen LogP contribution is 2.49. The molecule has 2 heteroatoms. The van der Waals surface area contributed by atoms with Gasteiger partial charge in [-0.05, 0) is 55.9 Å². The lowest BCUT2D eigenvalue weighted by molar-refractivity contribution is -0.142. The Kier molecular flexibility index (Phi) is 4.58. The van der Waals surface area contributed by atoms with Crippen molar-refractivity contribution in [3.63, 3.8) is 0 Å². The van der Waals surface area contributed by atoms with Crippen LogP contribution in [0.25, 0.3) is 0 Å². The summed E-state index contributed by atoms with van der Waals surface area (Å²) in [4.78, 5) is 12.7. The van der Waals surface area contributed by atoms with E-state index in [1.807, 2.05) is 43.3 Å². The zero-order valence-corrected chi connectivity index (χ0v) is 16.7. The molecule has 28 heavy (non-hydrogen) atoms. The number of hydrogen-bond acceptors (Lipinski definition) is 1. The molecule has 1 aliphatic rings. The summed E-state index contributed by atoms with van der Waals surface area (Å²) in [6.45, 7) is 6.20. The van der Waals surface area contributed by atoms with Crippen LogP contribution in [0.3, 0.4) is 0 Å². The van der Waals surface area contributed by atoms with Crippen molar-refractivity contribution >= 4 is 5.97 Å². The van der Waals surface area contributed by atoms with E-state index in [1.54, 1.807) is 0 Å². The number of carboxylic acids is 1. The van der Waals surface area contributed by atoms with Crippen LogP contribution in [0.15, 0.2) is 66.7 Å². The van der Waals surface area contributed by atoms with Crippen molar-refractivity contribution in [3.05, 3.63) is 106 Å². The summed E-state index contributed by atoms with van der Waals surface area (Å²) in [6, 6.07) is 22.9. The van der Waals surface area contributed by atoms with Crippen LogP contribution in [0, 0.1) is 20.8 Å². The molecule has 0 fully saturated rings. The number of fused-ring (bicyclic) bond motifs is 1. The van der Waals surface area contributed by atoms with Crippen LogP contribution in [-0.4, -0.2) is 11.1 Å². The van der Waals surface area contributed by atoms with Crippen LogP contribution in [0.1, 0.15) is 57.7 Å². The van der Waals surface area contributed by atoms with E-state index in [2.05, 4.69) is 44.2 Å². The Labute approximate surface area is 166 Å². The number of hydrogen-bond donors (Lipinski definition) is 1. The van der Waals surface area contributed by atoms with Gasteiger partial charge < -0.3 is 5.11 Å². The minimum absolute atomic E-state index is 0.230. The van der Waals surface area contributed by atoms with Gasteiger partial charge in [-0.15, -0.1) is 0 Å². The molecule has 4 rings (SSSR count). The summed E-state index contributed by atoms with van der Waals surface area (Å²) in [5, 5.41) is 10.4. The maximum absolute atomic E-state index is 12.7. The van der Waals surface area contributed by atoms with Crippen molar-refractivity contribution in [2.24, 2.45) is 0 Å². The third kappa shape index (κ3) is 2.93. The van der Waals surface area contributed by atoms with Crippen molar-refractivity contribution in [3.8, 4) is 0 Å². The van der Waals surface area contributed by atoms with Crippen molar-refractivity contribution in [2.75, 3.05) is 0 Å². The Morgan fingerprint density at radius 3 is 2.04 bits per heavy atom. The molecule has 3 aromatic rings. The van der Waals surface area contributed by atoms with Crippen LogP contribution in [-0.2, 0) is 10.2 Å². The molecular formula is C26H26O2. The highest BCUT2D eigenvalue weighted by molar-refractivity contribution is 5.87. The smallest absolute Gasteiger partial charge is 0.318 e. The van der Waals surface area contributed by atoms with Crippen molar-refractivity contribution in [2.45, 2.75) is 44.9 Å². The predicted octanol–water partition coefficient (Wildman–Crippen LogP) is 5.91. The number of benzene rings is 3. The lowest BCUT2D eigenvalue weighted by Crippen LogP contribution is -2.41. The predicted molar refractivity (Wildman–Crippen MR) is 113 cm³/mol. The van der Waals surface area contributed by atoms with Gasteiger partial charge in [0.05, 0.1) is 0 Å². The SMILES string of the molecule is Cc1ccc(C2CCC(C(=O)O)(c3ccc(C)cc3)c3ccc(C)cc32)cc1. The summed E-state index contributed by atoms with van der Waals surface area (Å²) < 4.78 is 0. The minimum atomic E-state index is -0.988. The Morgan fingerprint density at radius 1 is 0.857 bits per heavy atom. The van der Waals surface area contributed by atoms with Gasteiger partial charge in [0.25, 0.3) is 0 Å². The number of aryl methyl sites for hydroxylation is 3. The number of carbonyl (C=O) groups is 1. The molecule has 0 spiro atoms. The topological polar surface area (TPSA) is 37.3 Å². The summed E-state index contributed by atoms with van der Waals surface area (Å²) in [5.74, 6) is -0.530. The Hall–Kier alpha value is -2.87. The van der Waals surface area contributed by atoms with E-state index in [0.29, 0.717) is 6.42 Å². The van der Waals surface area contributed by atoms with Crippen LogP contribution in [0.5, 0.6) is 0 Å². The molecular weight excluding hydrogens is 344 g/mol. The Balaban J connectivity index is 1.93. The molecule has 0 saturated carbocycles. The van der Waals surface area contributed by atoms with Gasteiger partial charge in [-0.25, -0.2) is 0 Å². The number of aliphatic carboxylic acids is 1. The van der Waals surface area contributed by atoms with E-state index >= 15 is 0 Å². The lowest BCUT2D eigenvalue weighted by atomic mass is 9.62. The number of rotatable bonds is 3. The van der Waals surface area contributed by atoms with Crippen molar-refractivity contribution in [1.29, 1.82) is 0 Å². The standard InChI is InChI=1S/C26H26O2/c1-17-4-9-20(10-5-17)22-14-15-26(25(27)28,21-11-6-18(2)7-12-21)24-13-8-19(3)16-23(22)24/h4-13,16,22H,14-15H2,1-3H3,(H,27,28). The average molecular weight is 370 g/mol. The van der Waals surface area contributed by atoms with Gasteiger partial charge in [-0.2, -0.15) is 0 Å². The molecule has 1 aliphatic carbocycles. The molecule has 2 unspecified atom stereocenters. The molecule has 0 aromatic heterocycles. The maximum Gasteiger partial charge on any atom is 0.318 e. The van der Waals surface area contributed by atoms with E-state index in [1.165, 1.54) is 16.7 Å². The first-order valence-electron chi connectivity index (χ1n) is 9.90. The monoisotopic (exact) mass is 370 g/mol. The molecule has 0 amide bonds. The molecule has 0 radical (unpaired) electrons. The molecule has 2 nitrogen and oxygen atoms in total. The molecule has 142 valence electrons. The molecule has 0 heterocycles. The highest BCUT2D eigenvalue weighted by Gasteiger charge is 2.47. The quantitative estimate of drug-likeness (QED) is 0.622. The minimum Gasteiger partial charge on any atom is -0.480 e. The van der Waals surface area contributed by atoms with Crippen LogP contribution in [0.4, 0.5) is 0 Å². The fourth-order valence-corrected chi connectivity index (χ4v) is 4.64. The first kappa shape index (κ1) is 18.5. The second-order valence-electron chi connectivity index (χ2n) is 8.17. The molecule has 0 aliphatic heterocycles. The van der Waals surface area contributed by atoms with Gasteiger partial charge in [0.2, 0.25) is 0 Å². The molecule has 2 atom stereocenters. The first-order chi connectivity index (χ1) is 13.4. The first-order valence-corrected chi connectivity index (χ1v) is 9.90. The normalized spacial score (nSPS) is 21.2. The summed E-state index contributed by atoms with van der Waals surface area (Å²) in [7, 11) is 0. The van der Waals surface area contributed by atoms with E-state index < -0.39 is 11.4 Å². The summed E-state index contributed by atoms with van der Waals surface area (Å²) in [6.07, 6.45) is 1.42. The molecule has 0 saturated heterocycles. The third-order valence-electron chi connectivity index (χ3n) is 6.24. The second-order valence-corrected chi connectivity index (χ2v) is 8.17. The molecule has 1 N–H and O–H groups in total. The highest BCUT2D eigenvalue weighted by atomic mass is 16.4. The van der Waals surface area contributed by atoms with Crippen LogP contribution in [0.2, 0.25) is 0 Å². The fourth-order valence-electron chi connectivity index (χ4n) is 4.64. The van der Waals surface area contributed by atoms with Gasteiger partial charge in [0.1, 0.15) is 5.41 Å². The zero-order valence-electron chi connectivity index (χ0n) is 16.7. The van der Waals surface area contributed by atoms with Crippen LogP contribution >= 0.6 is 0 Å². The lowest BCUT2D eigenvalue weighted by Gasteiger charge is -2.40. The van der Waals surface area contributed by atoms with Gasteiger partial charge in [0.15, 0.2) is 0 Å². The Bertz CT molecular complexity index is 1020. The third-order valence-corrected chi connectivity index (χ3v) is 6.24. The van der Waals surface area contributed by atoms with E-state index in [-0.39, 0.29) is 5.92 Å². The largest absolute Gasteiger partial charge is 0.480 e. The molecule has 3 aromatic carbocycles. The Morgan fingerprint density at radius 2 is 1.43 bits per heavy atom. The van der Waals surface area contributed by atoms with Gasteiger partial charge >= 0.3 is 5.97 Å². The van der Waals surface area contributed by atoms with E-state index in [9.17, 15) is 9.90 Å².